The Kier molecular flexibility index (Phi) is 2.02. The molecule has 0 unspecified atom stereocenters. The summed E-state index contributed by atoms with van der Waals surface area (Å²) < 4.78 is 23.8. The third kappa shape index (κ3) is 1.31. The maximum absolute atomic E-state index is 13.2. The first-order chi connectivity index (χ1) is 6.33. The van der Waals surface area contributed by atoms with Gasteiger partial charge in [0.15, 0.2) is 0 Å². The highest BCUT2D eigenvalue weighted by Gasteiger charge is 2.13. The zero-order valence-corrected chi connectivity index (χ0v) is 7.40. The number of halogens is 1. The van der Waals surface area contributed by atoms with E-state index in [1.54, 1.807) is 24.3 Å². The number of hydrogen-bond donors (Lipinski definition) is 0. The molecule has 0 atom stereocenters. The van der Waals surface area contributed by atoms with Crippen LogP contribution in [0.1, 0.15) is 0 Å². The first-order valence-corrected chi connectivity index (χ1v) is 4.46. The summed E-state index contributed by atoms with van der Waals surface area (Å²) in [5, 5.41) is 1.10. The lowest BCUT2D eigenvalue weighted by Gasteiger charge is -1.94. The number of rotatable bonds is 1. The van der Waals surface area contributed by atoms with Crippen molar-refractivity contribution in [3.63, 3.8) is 0 Å². The minimum atomic E-state index is -0.304. The fraction of sp³-hybridized carbons (Fsp3) is 0. The molecule has 0 spiro atoms. The Bertz CT molecular complexity index is 467. The molecule has 1 radical (unpaired) electrons. The molecule has 0 amide bonds. The minimum absolute atomic E-state index is 0.304. The molecular weight excluding hydrogens is 187 g/mol. The largest absolute Gasteiger partial charge is 0.506 e. The van der Waals surface area contributed by atoms with Gasteiger partial charge in [0, 0.05) is 9.60 Å². The predicted molar refractivity (Wildman–Crippen MR) is 49.1 cm³/mol. The highest BCUT2D eigenvalue weighted by Crippen LogP contribution is 2.20. The lowest BCUT2D eigenvalue weighted by atomic mass is 10.1. The number of hydrogen-bond acceptors (Lipinski definition) is 1. The lowest BCUT2D eigenvalue weighted by Crippen LogP contribution is -1.82. The van der Waals surface area contributed by atoms with Gasteiger partial charge < -0.3 is 0 Å². The van der Waals surface area contributed by atoms with Gasteiger partial charge in [0.1, 0.15) is 5.82 Å². The second kappa shape index (κ2) is 3.18. The van der Waals surface area contributed by atoms with Crippen LogP contribution in [0.3, 0.4) is 0 Å². The fourth-order valence-corrected chi connectivity index (χ4v) is 1.64. The summed E-state index contributed by atoms with van der Waals surface area (Å²) in [4.78, 5) is 0.442. The normalized spacial score (nSPS) is 10.2. The maximum atomic E-state index is 13.2. The van der Waals surface area contributed by atoms with Gasteiger partial charge in [-0.1, -0.05) is 12.1 Å². The van der Waals surface area contributed by atoms with Crippen molar-refractivity contribution < 1.29 is 8.60 Å². The Labute approximate surface area is 78.7 Å². The summed E-state index contributed by atoms with van der Waals surface area (Å²) in [5.74, 6) is -0.304. The monoisotopic (exact) mass is 192 g/mol. The van der Waals surface area contributed by atoms with E-state index in [1.165, 1.54) is 6.07 Å². The SMILES string of the molecule is O=[S+]c1[c]ccc2c(F)cccc12. The second-order valence-corrected chi connectivity index (χ2v) is 3.17. The molecular formula is C10H5FOS+. The van der Waals surface area contributed by atoms with Crippen molar-refractivity contribution in [1.29, 1.82) is 0 Å². The quantitative estimate of drug-likeness (QED) is 0.634. The smallest absolute Gasteiger partial charge is 0.206 e. The first kappa shape index (κ1) is 8.26. The molecule has 2 aromatic carbocycles. The van der Waals surface area contributed by atoms with Crippen LogP contribution in [0.15, 0.2) is 35.2 Å². The van der Waals surface area contributed by atoms with E-state index >= 15 is 0 Å². The van der Waals surface area contributed by atoms with Gasteiger partial charge in [0.2, 0.25) is 0 Å². The zero-order valence-electron chi connectivity index (χ0n) is 6.58. The van der Waals surface area contributed by atoms with Crippen LogP contribution in [0.2, 0.25) is 0 Å². The second-order valence-electron chi connectivity index (χ2n) is 2.59. The summed E-state index contributed by atoms with van der Waals surface area (Å²) in [6.45, 7) is 0. The van der Waals surface area contributed by atoms with E-state index in [9.17, 15) is 8.60 Å². The highest BCUT2D eigenvalue weighted by atomic mass is 32.1. The average molecular weight is 192 g/mol. The Balaban J connectivity index is 2.92. The summed E-state index contributed by atoms with van der Waals surface area (Å²) in [7, 11) is 0. The summed E-state index contributed by atoms with van der Waals surface area (Å²) >= 11 is 0.335. The zero-order chi connectivity index (χ0) is 9.26. The molecule has 1 nitrogen and oxygen atoms in total. The van der Waals surface area contributed by atoms with Crippen molar-refractivity contribution in [2.75, 3.05) is 0 Å². The Morgan fingerprint density at radius 3 is 2.85 bits per heavy atom. The highest BCUT2D eigenvalue weighted by molar-refractivity contribution is 7.65. The van der Waals surface area contributed by atoms with E-state index in [0.29, 0.717) is 27.3 Å². The van der Waals surface area contributed by atoms with Gasteiger partial charge in [0.25, 0.3) is 0 Å². The molecule has 0 aliphatic rings. The van der Waals surface area contributed by atoms with Gasteiger partial charge in [-0.05, 0) is 18.2 Å². The topological polar surface area (TPSA) is 17.1 Å². The third-order valence-corrected chi connectivity index (χ3v) is 2.35. The van der Waals surface area contributed by atoms with Gasteiger partial charge in [-0.15, -0.1) is 0 Å². The first-order valence-electron chi connectivity index (χ1n) is 3.71. The fourth-order valence-electron chi connectivity index (χ4n) is 1.25. The molecule has 0 N–H and O–H groups in total. The van der Waals surface area contributed by atoms with E-state index < -0.39 is 0 Å². The van der Waals surface area contributed by atoms with Crippen molar-refractivity contribution in [2.24, 2.45) is 0 Å². The van der Waals surface area contributed by atoms with Gasteiger partial charge in [0.05, 0.1) is 11.5 Å². The molecule has 0 aliphatic carbocycles. The lowest BCUT2D eigenvalue weighted by molar-refractivity contribution is 0.605. The standard InChI is InChI=1S/C10H5FOS/c11-9-5-1-4-8-7(9)3-2-6-10(8)13-12/h1-5H/q+1. The summed E-state index contributed by atoms with van der Waals surface area (Å²) in [6, 6.07) is 10.6. The van der Waals surface area contributed by atoms with Crippen LogP contribution < -0.4 is 0 Å². The molecule has 2 aromatic rings. The predicted octanol–water partition coefficient (Wildman–Crippen LogP) is 2.57. The van der Waals surface area contributed by atoms with Crippen LogP contribution in [0.5, 0.6) is 0 Å². The molecule has 0 saturated carbocycles. The van der Waals surface area contributed by atoms with E-state index in [-0.39, 0.29) is 5.82 Å². The van der Waals surface area contributed by atoms with Crippen molar-refractivity contribution in [2.45, 2.75) is 4.90 Å². The molecule has 0 aromatic heterocycles. The summed E-state index contributed by atoms with van der Waals surface area (Å²) in [5.41, 5.74) is 0. The Morgan fingerprint density at radius 1 is 1.23 bits per heavy atom. The van der Waals surface area contributed by atoms with Crippen molar-refractivity contribution >= 4 is 22.4 Å². The van der Waals surface area contributed by atoms with E-state index in [0.717, 1.165) is 0 Å². The number of benzene rings is 2. The molecule has 0 bridgehead atoms. The molecule has 63 valence electrons. The molecule has 2 rings (SSSR count). The van der Waals surface area contributed by atoms with Gasteiger partial charge in [-0.2, -0.15) is 0 Å². The van der Waals surface area contributed by atoms with Gasteiger partial charge >= 0.3 is 16.6 Å². The third-order valence-electron chi connectivity index (χ3n) is 1.85. The molecule has 0 saturated heterocycles. The molecule has 0 aliphatic heterocycles. The van der Waals surface area contributed by atoms with Crippen molar-refractivity contribution in [3.05, 3.63) is 42.2 Å². The van der Waals surface area contributed by atoms with Crippen LogP contribution in [-0.2, 0) is 15.9 Å². The van der Waals surface area contributed by atoms with Crippen LogP contribution >= 0.6 is 0 Å². The maximum Gasteiger partial charge on any atom is 0.506 e. The van der Waals surface area contributed by atoms with Crippen molar-refractivity contribution in [3.8, 4) is 0 Å². The molecule has 13 heavy (non-hydrogen) atoms. The van der Waals surface area contributed by atoms with E-state index in [1.807, 2.05) is 0 Å². The average Bonchev–Trinajstić information content (AvgIpc) is 2.18. The van der Waals surface area contributed by atoms with Crippen LogP contribution in [0.4, 0.5) is 4.39 Å². The van der Waals surface area contributed by atoms with Crippen LogP contribution in [0, 0.1) is 11.9 Å². The van der Waals surface area contributed by atoms with Gasteiger partial charge in [-0.3, -0.25) is 0 Å². The minimum Gasteiger partial charge on any atom is -0.206 e. The summed E-state index contributed by atoms with van der Waals surface area (Å²) in [6.07, 6.45) is 0. The van der Waals surface area contributed by atoms with E-state index in [4.69, 9.17) is 0 Å². The van der Waals surface area contributed by atoms with Gasteiger partial charge in [-0.25, -0.2) is 4.39 Å². The Morgan fingerprint density at radius 2 is 2.08 bits per heavy atom. The van der Waals surface area contributed by atoms with E-state index in [2.05, 4.69) is 6.07 Å². The Hall–Kier alpha value is -1.35. The van der Waals surface area contributed by atoms with Crippen LogP contribution in [0.25, 0.3) is 10.8 Å². The molecule has 0 heterocycles. The number of fused-ring (bicyclic) bond motifs is 1. The molecule has 0 fully saturated rings. The molecule has 3 heteroatoms. The van der Waals surface area contributed by atoms with Crippen molar-refractivity contribution in [1.82, 2.24) is 0 Å². The van der Waals surface area contributed by atoms with Crippen LogP contribution in [-0.4, -0.2) is 0 Å².